The molecule has 1 heterocycles. The van der Waals surface area contributed by atoms with Crippen LogP contribution < -0.4 is 5.32 Å². The number of nitrogens with one attached hydrogen (secondary N) is 1. The zero-order valence-corrected chi connectivity index (χ0v) is 10.1. The minimum absolute atomic E-state index is 0.170. The van der Waals surface area contributed by atoms with Gasteiger partial charge in [0.25, 0.3) is 0 Å². The number of nitro groups is 1. The van der Waals surface area contributed by atoms with Gasteiger partial charge in [0.15, 0.2) is 6.20 Å². The Bertz CT molecular complexity index is 413. The van der Waals surface area contributed by atoms with E-state index in [1.54, 1.807) is 6.07 Å². The molecule has 1 aliphatic carbocycles. The number of rotatable bonds is 4. The van der Waals surface area contributed by atoms with Crippen molar-refractivity contribution in [2.75, 3.05) is 11.9 Å². The minimum Gasteiger partial charge on any atom is -0.388 e. The second-order valence-electron chi connectivity index (χ2n) is 4.80. The van der Waals surface area contributed by atoms with Crippen LogP contribution in [0.15, 0.2) is 18.3 Å². The van der Waals surface area contributed by atoms with Crippen molar-refractivity contribution in [3.8, 4) is 0 Å². The van der Waals surface area contributed by atoms with Gasteiger partial charge in [-0.1, -0.05) is 19.3 Å². The fourth-order valence-corrected chi connectivity index (χ4v) is 2.25. The van der Waals surface area contributed by atoms with E-state index in [4.69, 9.17) is 0 Å². The number of anilines is 1. The minimum atomic E-state index is -0.653. The van der Waals surface area contributed by atoms with Gasteiger partial charge in [-0.15, -0.1) is 0 Å². The summed E-state index contributed by atoms with van der Waals surface area (Å²) in [5.74, 6) is -0.170. The highest BCUT2D eigenvalue weighted by atomic mass is 16.6. The Morgan fingerprint density at radius 3 is 2.67 bits per heavy atom. The molecule has 0 atom stereocenters. The van der Waals surface area contributed by atoms with Crippen LogP contribution in [-0.2, 0) is 0 Å². The molecule has 0 bridgehead atoms. The van der Waals surface area contributed by atoms with E-state index in [-0.39, 0.29) is 5.82 Å². The highest BCUT2D eigenvalue weighted by molar-refractivity contribution is 5.43. The number of pyridine rings is 1. The van der Waals surface area contributed by atoms with Gasteiger partial charge in [0.1, 0.15) is 0 Å². The molecule has 1 aliphatic rings. The van der Waals surface area contributed by atoms with Gasteiger partial charge in [-0.25, -0.2) is 0 Å². The highest BCUT2D eigenvalue weighted by Crippen LogP contribution is 2.28. The van der Waals surface area contributed by atoms with Gasteiger partial charge in [-0.2, -0.15) is 0 Å². The van der Waals surface area contributed by atoms with Crippen molar-refractivity contribution in [1.82, 2.24) is 4.98 Å². The lowest BCUT2D eigenvalue weighted by atomic mass is 9.85. The summed E-state index contributed by atoms with van der Waals surface area (Å²) in [6.45, 7) is 0.465. The molecule has 1 fully saturated rings. The van der Waals surface area contributed by atoms with Gasteiger partial charge in [0, 0.05) is 12.6 Å². The molecule has 6 heteroatoms. The molecule has 0 aliphatic heterocycles. The molecule has 1 aromatic rings. The van der Waals surface area contributed by atoms with E-state index in [0.717, 1.165) is 25.7 Å². The monoisotopic (exact) mass is 251 g/mol. The average Bonchev–Trinajstić information content (AvgIpc) is 2.38. The van der Waals surface area contributed by atoms with Crippen LogP contribution in [0.1, 0.15) is 32.1 Å². The second kappa shape index (κ2) is 5.30. The van der Waals surface area contributed by atoms with E-state index in [1.807, 2.05) is 0 Å². The van der Waals surface area contributed by atoms with Crippen molar-refractivity contribution in [2.45, 2.75) is 37.7 Å². The fourth-order valence-electron chi connectivity index (χ4n) is 2.25. The number of aromatic nitrogens is 1. The number of hydrogen-bond acceptors (Lipinski definition) is 5. The lowest BCUT2D eigenvalue weighted by Crippen LogP contribution is -2.38. The van der Waals surface area contributed by atoms with Gasteiger partial charge < -0.3 is 20.5 Å². The van der Waals surface area contributed by atoms with Gasteiger partial charge in [-0.05, 0) is 28.8 Å². The summed E-state index contributed by atoms with van der Waals surface area (Å²) in [5.41, 5.74) is 0.0413. The molecule has 2 N–H and O–H groups in total. The summed E-state index contributed by atoms with van der Waals surface area (Å²) >= 11 is 0. The van der Waals surface area contributed by atoms with Crippen molar-refractivity contribution in [2.24, 2.45) is 0 Å². The molecule has 98 valence electrons. The first-order valence-electron chi connectivity index (χ1n) is 6.16. The van der Waals surface area contributed by atoms with Gasteiger partial charge >= 0.3 is 5.82 Å². The largest absolute Gasteiger partial charge is 0.388 e. The quantitative estimate of drug-likeness (QED) is 0.632. The van der Waals surface area contributed by atoms with Crippen molar-refractivity contribution in [3.05, 3.63) is 28.4 Å². The lowest BCUT2D eigenvalue weighted by Gasteiger charge is -2.32. The predicted molar refractivity (Wildman–Crippen MR) is 67.4 cm³/mol. The van der Waals surface area contributed by atoms with Crippen LogP contribution in [0.4, 0.5) is 11.5 Å². The summed E-state index contributed by atoms with van der Waals surface area (Å²) in [5, 5.41) is 23.8. The van der Waals surface area contributed by atoms with Gasteiger partial charge in [0.05, 0.1) is 11.3 Å². The van der Waals surface area contributed by atoms with Gasteiger partial charge in [-0.3, -0.25) is 0 Å². The Morgan fingerprint density at radius 1 is 1.39 bits per heavy atom. The maximum Gasteiger partial charge on any atom is 0.363 e. The lowest BCUT2D eigenvalue weighted by molar-refractivity contribution is -0.389. The van der Waals surface area contributed by atoms with Crippen molar-refractivity contribution >= 4 is 11.5 Å². The molecule has 1 saturated carbocycles. The van der Waals surface area contributed by atoms with Crippen LogP contribution in [0.3, 0.4) is 0 Å². The van der Waals surface area contributed by atoms with Crippen molar-refractivity contribution in [3.63, 3.8) is 0 Å². The molecule has 0 aromatic carbocycles. The van der Waals surface area contributed by atoms with E-state index < -0.39 is 10.5 Å². The summed E-state index contributed by atoms with van der Waals surface area (Å²) in [6.07, 6.45) is 6.32. The molecule has 0 unspecified atom stereocenters. The maximum absolute atomic E-state index is 10.5. The summed E-state index contributed by atoms with van der Waals surface area (Å²) < 4.78 is 0. The van der Waals surface area contributed by atoms with Crippen LogP contribution in [-0.4, -0.2) is 27.2 Å². The third-order valence-corrected chi connectivity index (χ3v) is 3.34. The van der Waals surface area contributed by atoms with Crippen LogP contribution in [0, 0.1) is 10.1 Å². The summed E-state index contributed by atoms with van der Waals surface area (Å²) in [7, 11) is 0. The molecular formula is C12H17N3O3. The zero-order valence-electron chi connectivity index (χ0n) is 10.1. The van der Waals surface area contributed by atoms with Gasteiger partial charge in [0.2, 0.25) is 0 Å². The third kappa shape index (κ3) is 3.16. The fraction of sp³-hybridized carbons (Fsp3) is 0.583. The molecule has 18 heavy (non-hydrogen) atoms. The first-order chi connectivity index (χ1) is 8.59. The molecule has 0 saturated heterocycles. The van der Waals surface area contributed by atoms with Crippen LogP contribution in [0.5, 0.6) is 0 Å². The zero-order chi connectivity index (χ0) is 13.0. The summed E-state index contributed by atoms with van der Waals surface area (Å²) in [6, 6.07) is 2.96. The molecule has 0 amide bonds. The molecule has 0 spiro atoms. The number of nitrogens with zero attached hydrogens (tertiary/aromatic N) is 2. The Balaban J connectivity index is 1.91. The molecular weight excluding hydrogens is 234 g/mol. The van der Waals surface area contributed by atoms with Crippen molar-refractivity contribution < 1.29 is 10.0 Å². The molecule has 1 aromatic heterocycles. The van der Waals surface area contributed by atoms with E-state index in [2.05, 4.69) is 10.3 Å². The topological polar surface area (TPSA) is 88.3 Å². The van der Waals surface area contributed by atoms with Crippen LogP contribution in [0.25, 0.3) is 0 Å². The predicted octanol–water partition coefficient (Wildman–Crippen LogP) is 2.10. The maximum atomic E-state index is 10.5. The second-order valence-corrected chi connectivity index (χ2v) is 4.80. The van der Waals surface area contributed by atoms with Crippen LogP contribution in [0.2, 0.25) is 0 Å². The smallest absolute Gasteiger partial charge is 0.363 e. The molecule has 6 nitrogen and oxygen atoms in total. The summed E-state index contributed by atoms with van der Waals surface area (Å²) in [4.78, 5) is 13.6. The van der Waals surface area contributed by atoms with Crippen LogP contribution >= 0.6 is 0 Å². The Hall–Kier alpha value is -1.69. The first kappa shape index (κ1) is 12.8. The Labute approximate surface area is 105 Å². The Morgan fingerprint density at radius 2 is 2.11 bits per heavy atom. The Kier molecular flexibility index (Phi) is 3.76. The molecule has 0 radical (unpaired) electrons. The standard InChI is InChI=1S/C12H17N3O3/c16-12(6-2-1-3-7-12)9-14-10-4-5-11(13-8-10)15(17)18/h4-5,8,14,16H,1-3,6-7,9H2. The number of aliphatic hydroxyl groups is 1. The highest BCUT2D eigenvalue weighted by Gasteiger charge is 2.28. The average molecular weight is 251 g/mol. The third-order valence-electron chi connectivity index (χ3n) is 3.34. The number of hydrogen-bond donors (Lipinski definition) is 2. The van der Waals surface area contributed by atoms with Crippen molar-refractivity contribution in [1.29, 1.82) is 0 Å². The van der Waals surface area contributed by atoms with E-state index in [0.29, 0.717) is 12.2 Å². The molecule has 2 rings (SSSR count). The van der Waals surface area contributed by atoms with E-state index >= 15 is 0 Å². The normalized spacial score (nSPS) is 18.3. The first-order valence-corrected chi connectivity index (χ1v) is 6.16. The van der Waals surface area contributed by atoms with E-state index in [9.17, 15) is 15.2 Å². The SMILES string of the molecule is O=[N+]([O-])c1ccc(NCC2(O)CCCCC2)cn1. The van der Waals surface area contributed by atoms with E-state index in [1.165, 1.54) is 18.7 Å².